The van der Waals surface area contributed by atoms with E-state index in [9.17, 15) is 0 Å². The average molecular weight is 193 g/mol. The molecule has 1 N–H and O–H groups in total. The van der Waals surface area contributed by atoms with Crippen molar-refractivity contribution in [3.05, 3.63) is 22.4 Å². The Morgan fingerprint density at radius 3 is 3.08 bits per heavy atom. The minimum absolute atomic E-state index is 0.510. The lowest BCUT2D eigenvalue weighted by molar-refractivity contribution is 0.586. The average Bonchev–Trinajstić information content (AvgIpc) is 2.57. The van der Waals surface area contributed by atoms with Gasteiger partial charge in [-0.3, -0.25) is 0 Å². The second-order valence-corrected chi connectivity index (χ2v) is 3.82. The molecule has 0 fully saturated rings. The summed E-state index contributed by atoms with van der Waals surface area (Å²) in [6.07, 6.45) is 1.09. The number of hydrogen-bond acceptors (Lipinski definition) is 2. The molecule has 70 valence electrons. The van der Waals surface area contributed by atoms with Crippen LogP contribution in [0, 0.1) is 11.8 Å². The number of rotatable bonds is 4. The largest absolute Gasteiger partial charge is 0.303 e. The van der Waals surface area contributed by atoms with Crippen LogP contribution in [0.2, 0.25) is 0 Å². The third-order valence-electron chi connectivity index (χ3n) is 1.84. The predicted molar refractivity (Wildman–Crippen MR) is 58.9 cm³/mol. The van der Waals surface area contributed by atoms with Crippen molar-refractivity contribution < 1.29 is 0 Å². The summed E-state index contributed by atoms with van der Waals surface area (Å²) in [5.41, 5.74) is 1.41. The summed E-state index contributed by atoms with van der Waals surface area (Å²) in [5, 5.41) is 7.67. The molecule has 1 rings (SSSR count). The molecule has 1 aromatic rings. The Morgan fingerprint density at radius 2 is 2.46 bits per heavy atom. The minimum Gasteiger partial charge on any atom is -0.303 e. The zero-order valence-electron chi connectivity index (χ0n) is 8.13. The Bertz CT molecular complexity index is 279. The first-order valence-electron chi connectivity index (χ1n) is 4.47. The van der Waals surface area contributed by atoms with Crippen LogP contribution < -0.4 is 5.32 Å². The van der Waals surface area contributed by atoms with Gasteiger partial charge in [0.1, 0.15) is 0 Å². The molecule has 0 aliphatic carbocycles. The maximum absolute atomic E-state index is 3.35. The van der Waals surface area contributed by atoms with Crippen molar-refractivity contribution in [2.45, 2.75) is 26.3 Å². The fraction of sp³-hybridized carbons (Fsp3) is 0.455. The van der Waals surface area contributed by atoms with E-state index in [0.717, 1.165) is 13.0 Å². The van der Waals surface area contributed by atoms with Gasteiger partial charge < -0.3 is 5.32 Å². The van der Waals surface area contributed by atoms with Crippen LogP contribution in [0.25, 0.3) is 0 Å². The fourth-order valence-corrected chi connectivity index (χ4v) is 1.83. The molecule has 1 unspecified atom stereocenters. The van der Waals surface area contributed by atoms with E-state index in [1.165, 1.54) is 5.56 Å². The summed E-state index contributed by atoms with van der Waals surface area (Å²) in [6, 6.07) is 2.68. The highest BCUT2D eigenvalue weighted by Gasteiger charge is 2.01. The molecule has 0 amide bonds. The van der Waals surface area contributed by atoms with Crippen LogP contribution in [0.1, 0.15) is 19.4 Å². The van der Waals surface area contributed by atoms with Crippen molar-refractivity contribution in [2.75, 3.05) is 6.54 Å². The molecule has 1 atom stereocenters. The van der Waals surface area contributed by atoms with Crippen molar-refractivity contribution in [3.63, 3.8) is 0 Å². The second kappa shape index (κ2) is 5.80. The molecule has 13 heavy (non-hydrogen) atoms. The zero-order valence-corrected chi connectivity index (χ0v) is 8.95. The van der Waals surface area contributed by atoms with Gasteiger partial charge >= 0.3 is 0 Å². The van der Waals surface area contributed by atoms with Gasteiger partial charge in [0.15, 0.2) is 0 Å². The molecule has 0 bridgehead atoms. The number of nitrogens with one attached hydrogen (secondary N) is 1. The van der Waals surface area contributed by atoms with Crippen molar-refractivity contribution in [1.29, 1.82) is 0 Å². The van der Waals surface area contributed by atoms with Gasteiger partial charge in [0.05, 0.1) is 6.54 Å². The first-order valence-corrected chi connectivity index (χ1v) is 5.41. The van der Waals surface area contributed by atoms with Crippen LogP contribution in [0.3, 0.4) is 0 Å². The van der Waals surface area contributed by atoms with Crippen molar-refractivity contribution >= 4 is 11.3 Å². The minimum atomic E-state index is 0.510. The molecule has 1 aromatic heterocycles. The van der Waals surface area contributed by atoms with E-state index in [2.05, 4.69) is 40.9 Å². The molecule has 0 saturated carbocycles. The van der Waals surface area contributed by atoms with Gasteiger partial charge in [-0.25, -0.2) is 0 Å². The molecular weight excluding hydrogens is 178 g/mol. The third-order valence-corrected chi connectivity index (χ3v) is 2.57. The van der Waals surface area contributed by atoms with Crippen LogP contribution in [0.4, 0.5) is 0 Å². The van der Waals surface area contributed by atoms with Crippen molar-refractivity contribution in [1.82, 2.24) is 5.32 Å². The van der Waals surface area contributed by atoms with Gasteiger partial charge in [-0.2, -0.15) is 11.3 Å². The summed E-state index contributed by atoms with van der Waals surface area (Å²) in [5.74, 6) is 5.87. The van der Waals surface area contributed by atoms with E-state index in [4.69, 9.17) is 0 Å². The molecule has 0 saturated heterocycles. The predicted octanol–water partition coefficient (Wildman–Crippen LogP) is 2.29. The maximum Gasteiger partial charge on any atom is 0.0578 e. The summed E-state index contributed by atoms with van der Waals surface area (Å²) in [7, 11) is 0. The van der Waals surface area contributed by atoms with Crippen LogP contribution >= 0.6 is 11.3 Å². The lowest BCUT2D eigenvalue weighted by atomic mass is 10.1. The maximum atomic E-state index is 3.35. The molecule has 0 radical (unpaired) electrons. The van der Waals surface area contributed by atoms with Gasteiger partial charge in [-0.05, 0) is 42.7 Å². The zero-order chi connectivity index (χ0) is 9.52. The van der Waals surface area contributed by atoms with E-state index < -0.39 is 0 Å². The normalized spacial score (nSPS) is 11.8. The summed E-state index contributed by atoms with van der Waals surface area (Å²) >= 11 is 1.75. The molecule has 0 aliphatic rings. The number of hydrogen-bond donors (Lipinski definition) is 1. The smallest absolute Gasteiger partial charge is 0.0578 e. The summed E-state index contributed by atoms with van der Waals surface area (Å²) in [6.45, 7) is 4.85. The fourth-order valence-electron chi connectivity index (χ4n) is 1.15. The SMILES string of the molecule is CC#CCNC(C)Cc1ccsc1. The Hall–Kier alpha value is -0.780. The van der Waals surface area contributed by atoms with Crippen molar-refractivity contribution in [3.8, 4) is 11.8 Å². The molecule has 1 heterocycles. The molecule has 1 nitrogen and oxygen atoms in total. The van der Waals surface area contributed by atoms with Gasteiger partial charge in [-0.1, -0.05) is 5.92 Å². The van der Waals surface area contributed by atoms with Crippen LogP contribution in [0.15, 0.2) is 16.8 Å². The standard InChI is InChI=1S/C11H15NS/c1-3-4-6-12-10(2)8-11-5-7-13-9-11/h5,7,9-10,12H,6,8H2,1-2H3. The highest BCUT2D eigenvalue weighted by Crippen LogP contribution is 2.08. The van der Waals surface area contributed by atoms with Gasteiger partial charge in [0, 0.05) is 6.04 Å². The van der Waals surface area contributed by atoms with Gasteiger partial charge in [0.25, 0.3) is 0 Å². The topological polar surface area (TPSA) is 12.0 Å². The molecule has 2 heteroatoms. The van der Waals surface area contributed by atoms with E-state index >= 15 is 0 Å². The van der Waals surface area contributed by atoms with E-state index in [1.807, 2.05) is 6.92 Å². The van der Waals surface area contributed by atoms with Gasteiger partial charge in [-0.15, -0.1) is 5.92 Å². The third kappa shape index (κ3) is 4.12. The highest BCUT2D eigenvalue weighted by molar-refractivity contribution is 7.07. The highest BCUT2D eigenvalue weighted by atomic mass is 32.1. The number of thiophene rings is 1. The van der Waals surface area contributed by atoms with Crippen molar-refractivity contribution in [2.24, 2.45) is 0 Å². The Balaban J connectivity index is 2.24. The Morgan fingerprint density at radius 1 is 1.62 bits per heavy atom. The quantitative estimate of drug-likeness (QED) is 0.723. The van der Waals surface area contributed by atoms with Crippen LogP contribution in [0.5, 0.6) is 0 Å². The first kappa shape index (κ1) is 10.3. The molecule has 0 spiro atoms. The monoisotopic (exact) mass is 193 g/mol. The first-order chi connectivity index (χ1) is 6.33. The lowest BCUT2D eigenvalue weighted by Gasteiger charge is -2.09. The molecular formula is C11H15NS. The van der Waals surface area contributed by atoms with E-state index in [-0.39, 0.29) is 0 Å². The second-order valence-electron chi connectivity index (χ2n) is 3.04. The molecule has 0 aliphatic heterocycles. The van der Waals surface area contributed by atoms with E-state index in [0.29, 0.717) is 6.04 Å². The Kier molecular flexibility index (Phi) is 4.59. The van der Waals surface area contributed by atoms with Crippen LogP contribution in [-0.4, -0.2) is 12.6 Å². The van der Waals surface area contributed by atoms with Gasteiger partial charge in [0.2, 0.25) is 0 Å². The lowest BCUT2D eigenvalue weighted by Crippen LogP contribution is -2.28. The molecule has 0 aromatic carbocycles. The van der Waals surface area contributed by atoms with E-state index in [1.54, 1.807) is 11.3 Å². The Labute approximate surface area is 84.2 Å². The summed E-state index contributed by atoms with van der Waals surface area (Å²) in [4.78, 5) is 0. The van der Waals surface area contributed by atoms with Crippen LogP contribution in [-0.2, 0) is 6.42 Å². The summed E-state index contributed by atoms with van der Waals surface area (Å²) < 4.78 is 0.